The highest BCUT2D eigenvalue weighted by Crippen LogP contribution is 2.22. The van der Waals surface area contributed by atoms with Crippen molar-refractivity contribution in [3.05, 3.63) is 57.8 Å². The van der Waals surface area contributed by atoms with Gasteiger partial charge >= 0.3 is 0 Å². The molecule has 0 saturated heterocycles. The lowest BCUT2D eigenvalue weighted by Gasteiger charge is -2.20. The van der Waals surface area contributed by atoms with Gasteiger partial charge in [0.15, 0.2) is 5.13 Å². The minimum Gasteiger partial charge on any atom is -0.300 e. The fourth-order valence-corrected chi connectivity index (χ4v) is 3.28. The third-order valence-electron chi connectivity index (χ3n) is 3.83. The van der Waals surface area contributed by atoms with E-state index in [0.717, 1.165) is 16.5 Å². The molecule has 2 aromatic heterocycles. The van der Waals surface area contributed by atoms with Crippen molar-refractivity contribution in [2.45, 2.75) is 26.3 Å². The van der Waals surface area contributed by atoms with Crippen LogP contribution < -0.4 is 10.9 Å². The number of hydrogen-bond acceptors (Lipinski definition) is 4. The Kier molecular flexibility index (Phi) is 4.25. The maximum atomic E-state index is 12.6. The number of rotatable bonds is 4. The first-order valence-corrected chi connectivity index (χ1v) is 8.31. The summed E-state index contributed by atoms with van der Waals surface area (Å²) in [5.41, 5.74) is 1.53. The summed E-state index contributed by atoms with van der Waals surface area (Å²) in [7, 11) is 0. The summed E-state index contributed by atoms with van der Waals surface area (Å²) < 4.78 is 1.57. The Bertz CT molecular complexity index is 900. The van der Waals surface area contributed by atoms with E-state index >= 15 is 0 Å². The molecule has 3 aromatic rings. The van der Waals surface area contributed by atoms with Gasteiger partial charge in [0.05, 0.1) is 5.52 Å². The predicted octanol–water partition coefficient (Wildman–Crippen LogP) is 3.36. The number of thiazole rings is 1. The topological polar surface area (TPSA) is 64.0 Å². The van der Waals surface area contributed by atoms with Crippen molar-refractivity contribution in [1.82, 2.24) is 9.55 Å². The van der Waals surface area contributed by atoms with Crippen LogP contribution in [-0.4, -0.2) is 15.5 Å². The van der Waals surface area contributed by atoms with Crippen molar-refractivity contribution in [3.8, 4) is 0 Å². The Balaban J connectivity index is 2.09. The molecule has 0 fully saturated rings. The van der Waals surface area contributed by atoms with Crippen LogP contribution in [-0.2, 0) is 4.79 Å². The molecule has 0 aliphatic heterocycles. The van der Waals surface area contributed by atoms with Crippen LogP contribution in [0.15, 0.2) is 46.7 Å². The fourth-order valence-electron chi connectivity index (χ4n) is 2.75. The van der Waals surface area contributed by atoms with Crippen LogP contribution in [0.25, 0.3) is 10.9 Å². The summed E-state index contributed by atoms with van der Waals surface area (Å²) in [4.78, 5) is 29.2. The number of hydrogen-bond donors (Lipinski definition) is 1. The van der Waals surface area contributed by atoms with Crippen LogP contribution >= 0.6 is 11.3 Å². The van der Waals surface area contributed by atoms with Gasteiger partial charge in [-0.1, -0.05) is 25.1 Å². The lowest BCUT2D eigenvalue weighted by molar-refractivity contribution is -0.119. The van der Waals surface area contributed by atoms with Gasteiger partial charge in [0, 0.05) is 23.0 Å². The van der Waals surface area contributed by atoms with E-state index in [-0.39, 0.29) is 11.5 Å². The maximum absolute atomic E-state index is 12.6. The van der Waals surface area contributed by atoms with Gasteiger partial charge in [-0.25, -0.2) is 4.98 Å². The van der Waals surface area contributed by atoms with E-state index in [1.54, 1.807) is 22.2 Å². The van der Waals surface area contributed by atoms with Crippen LogP contribution in [0.5, 0.6) is 0 Å². The van der Waals surface area contributed by atoms with Crippen molar-refractivity contribution in [3.63, 3.8) is 0 Å². The molecule has 1 N–H and O–H groups in total. The summed E-state index contributed by atoms with van der Waals surface area (Å²) in [6.07, 6.45) is 2.15. The average molecular weight is 327 g/mol. The second-order valence-electron chi connectivity index (χ2n) is 5.30. The highest BCUT2D eigenvalue weighted by molar-refractivity contribution is 7.13. The molecule has 0 aliphatic rings. The maximum Gasteiger partial charge on any atom is 0.252 e. The number of para-hydroxylation sites is 1. The normalized spacial score (nSPS) is 12.3. The zero-order chi connectivity index (χ0) is 16.4. The molecule has 1 atom stereocenters. The van der Waals surface area contributed by atoms with Crippen molar-refractivity contribution in [1.29, 1.82) is 0 Å². The van der Waals surface area contributed by atoms with E-state index in [2.05, 4.69) is 10.3 Å². The number of carbonyl (C=O) groups excluding carboxylic acids is 1. The second kappa shape index (κ2) is 6.34. The Morgan fingerprint density at radius 1 is 1.39 bits per heavy atom. The highest BCUT2D eigenvalue weighted by Gasteiger charge is 2.22. The minimum atomic E-state index is -0.572. The molecule has 2 heterocycles. The van der Waals surface area contributed by atoms with Gasteiger partial charge in [-0.15, -0.1) is 11.3 Å². The van der Waals surface area contributed by atoms with E-state index in [1.165, 1.54) is 11.3 Å². The van der Waals surface area contributed by atoms with Gasteiger partial charge in [-0.2, -0.15) is 0 Å². The summed E-state index contributed by atoms with van der Waals surface area (Å²) in [5, 5.41) is 6.10. The number of carbonyl (C=O) groups is 1. The molecule has 3 rings (SSSR count). The summed E-state index contributed by atoms with van der Waals surface area (Å²) in [5.74, 6) is -0.224. The first kappa shape index (κ1) is 15.4. The van der Waals surface area contributed by atoms with E-state index in [0.29, 0.717) is 11.6 Å². The first-order chi connectivity index (χ1) is 11.1. The molecule has 23 heavy (non-hydrogen) atoms. The number of anilines is 1. The van der Waals surface area contributed by atoms with Crippen LogP contribution in [0, 0.1) is 6.92 Å². The molecule has 6 heteroatoms. The molecule has 5 nitrogen and oxygen atoms in total. The predicted molar refractivity (Wildman–Crippen MR) is 93.0 cm³/mol. The van der Waals surface area contributed by atoms with Gasteiger partial charge in [-0.05, 0) is 25.0 Å². The molecular weight excluding hydrogens is 310 g/mol. The van der Waals surface area contributed by atoms with Gasteiger partial charge in [0.1, 0.15) is 6.04 Å². The number of aryl methyl sites for hydroxylation is 1. The monoisotopic (exact) mass is 327 g/mol. The number of nitrogens with zero attached hydrogens (tertiary/aromatic N) is 2. The Hall–Kier alpha value is -2.47. The summed E-state index contributed by atoms with van der Waals surface area (Å²) in [6.45, 7) is 3.80. The molecular formula is C17H17N3O2S. The van der Waals surface area contributed by atoms with Gasteiger partial charge in [-0.3, -0.25) is 14.2 Å². The molecule has 1 unspecified atom stereocenters. The first-order valence-electron chi connectivity index (χ1n) is 7.43. The SMILES string of the molecule is CCC(C(=O)Nc1nccs1)n1c(=O)cc(C)c2ccccc21. The van der Waals surface area contributed by atoms with Crippen LogP contribution in [0.4, 0.5) is 5.13 Å². The number of benzene rings is 1. The van der Waals surface area contributed by atoms with Crippen LogP contribution in [0.1, 0.15) is 24.9 Å². The number of amides is 1. The summed E-state index contributed by atoms with van der Waals surface area (Å²) in [6, 6.07) is 8.66. The Labute approximate surface area is 137 Å². The number of aromatic nitrogens is 2. The third-order valence-corrected chi connectivity index (χ3v) is 4.52. The van der Waals surface area contributed by atoms with Gasteiger partial charge in [0.2, 0.25) is 5.91 Å². The van der Waals surface area contributed by atoms with Crippen molar-refractivity contribution in [2.24, 2.45) is 0 Å². The van der Waals surface area contributed by atoms with Crippen molar-refractivity contribution in [2.75, 3.05) is 5.32 Å². The molecule has 0 saturated carbocycles. The number of fused-ring (bicyclic) bond motifs is 1. The zero-order valence-electron chi connectivity index (χ0n) is 12.9. The standard InChI is InChI=1S/C17H17N3O2S/c1-3-13(16(22)19-17-18-8-9-23-17)20-14-7-5-4-6-12(14)11(2)10-15(20)21/h4-10,13H,3H2,1-2H3,(H,18,19,22). The Morgan fingerprint density at radius 3 is 2.87 bits per heavy atom. The largest absolute Gasteiger partial charge is 0.300 e. The fraction of sp³-hybridized carbons (Fsp3) is 0.235. The van der Waals surface area contributed by atoms with Crippen molar-refractivity contribution >= 4 is 33.3 Å². The quantitative estimate of drug-likeness (QED) is 0.799. The lowest BCUT2D eigenvalue weighted by Crippen LogP contribution is -2.33. The van der Waals surface area contributed by atoms with Crippen molar-refractivity contribution < 1.29 is 4.79 Å². The van der Waals surface area contributed by atoms with Gasteiger partial charge in [0.25, 0.3) is 5.56 Å². The molecule has 0 spiro atoms. The Morgan fingerprint density at radius 2 is 2.17 bits per heavy atom. The summed E-state index contributed by atoms with van der Waals surface area (Å²) >= 11 is 1.35. The highest BCUT2D eigenvalue weighted by atomic mass is 32.1. The van der Waals surface area contributed by atoms with Gasteiger partial charge < -0.3 is 5.32 Å². The molecule has 0 aliphatic carbocycles. The smallest absolute Gasteiger partial charge is 0.252 e. The minimum absolute atomic E-state index is 0.165. The number of nitrogens with one attached hydrogen (secondary N) is 1. The van der Waals surface area contributed by atoms with E-state index in [9.17, 15) is 9.59 Å². The molecule has 1 aromatic carbocycles. The van der Waals surface area contributed by atoms with Crippen LogP contribution in [0.2, 0.25) is 0 Å². The molecule has 118 valence electrons. The lowest BCUT2D eigenvalue weighted by atomic mass is 10.1. The number of pyridine rings is 1. The average Bonchev–Trinajstić information content (AvgIpc) is 3.04. The second-order valence-corrected chi connectivity index (χ2v) is 6.20. The third kappa shape index (κ3) is 2.90. The van der Waals surface area contributed by atoms with E-state index in [4.69, 9.17) is 0 Å². The van der Waals surface area contributed by atoms with E-state index in [1.807, 2.05) is 38.1 Å². The molecule has 0 radical (unpaired) electrons. The van der Waals surface area contributed by atoms with Crippen LogP contribution in [0.3, 0.4) is 0 Å². The molecule has 1 amide bonds. The van der Waals surface area contributed by atoms with E-state index < -0.39 is 6.04 Å². The molecule has 0 bridgehead atoms. The zero-order valence-corrected chi connectivity index (χ0v) is 13.8.